The third-order valence-corrected chi connectivity index (χ3v) is 3.50. The summed E-state index contributed by atoms with van der Waals surface area (Å²) < 4.78 is 0.886. The predicted molar refractivity (Wildman–Crippen MR) is 75.5 cm³/mol. The predicted octanol–water partition coefficient (Wildman–Crippen LogP) is 4.47. The maximum absolute atomic E-state index is 11.3. The molecule has 0 unspecified atom stereocenters. The molecule has 2 aromatic rings. The first-order valence-corrected chi connectivity index (χ1v) is 6.61. The van der Waals surface area contributed by atoms with E-state index >= 15 is 0 Å². The van der Waals surface area contributed by atoms with Crippen LogP contribution in [0.3, 0.4) is 0 Å². The van der Waals surface area contributed by atoms with Crippen molar-refractivity contribution in [3.63, 3.8) is 0 Å². The maximum Gasteiger partial charge on any atom is 0.339 e. The molecule has 3 nitrogen and oxygen atoms in total. The van der Waals surface area contributed by atoms with E-state index in [1.165, 1.54) is 0 Å². The number of benzene rings is 1. The molecule has 0 radical (unpaired) electrons. The first kappa shape index (κ1) is 13.3. The van der Waals surface area contributed by atoms with Gasteiger partial charge >= 0.3 is 5.97 Å². The summed E-state index contributed by atoms with van der Waals surface area (Å²) in [7, 11) is 0. The second-order valence-electron chi connectivity index (χ2n) is 4.31. The molecule has 0 saturated heterocycles. The quantitative estimate of drug-likeness (QED) is 0.827. The minimum absolute atomic E-state index is 0.0426. The average Bonchev–Trinajstić information content (AvgIpc) is 2.27. The lowest BCUT2D eigenvalue weighted by molar-refractivity contribution is 0.0695. The van der Waals surface area contributed by atoms with E-state index in [4.69, 9.17) is 11.6 Å². The molecule has 0 spiro atoms. The number of aromatic nitrogens is 1. The standard InChI is InChI=1S/C13H11BrClNO2/c1-6(2)10-8-5-7(14)3-4-9(8)16-12(15)11(10)13(17)18/h3-6H,1-2H3,(H,17,18). The van der Waals surface area contributed by atoms with Crippen LogP contribution in [0.2, 0.25) is 5.15 Å². The Bertz CT molecular complexity index is 640. The van der Waals surface area contributed by atoms with Crippen LogP contribution in [0.5, 0.6) is 0 Å². The number of pyridine rings is 1. The minimum Gasteiger partial charge on any atom is -0.478 e. The van der Waals surface area contributed by atoms with E-state index in [9.17, 15) is 9.90 Å². The van der Waals surface area contributed by atoms with Crippen molar-refractivity contribution in [2.75, 3.05) is 0 Å². The lowest BCUT2D eigenvalue weighted by Gasteiger charge is -2.14. The van der Waals surface area contributed by atoms with Crippen LogP contribution in [0, 0.1) is 0 Å². The number of carboxylic acid groups (broad SMARTS) is 1. The maximum atomic E-state index is 11.3. The summed E-state index contributed by atoms with van der Waals surface area (Å²) in [6.07, 6.45) is 0. The van der Waals surface area contributed by atoms with Gasteiger partial charge in [0.25, 0.3) is 0 Å². The normalized spacial score (nSPS) is 11.2. The average molecular weight is 329 g/mol. The molecule has 0 aliphatic rings. The largest absolute Gasteiger partial charge is 0.478 e. The van der Waals surface area contributed by atoms with Gasteiger partial charge in [-0.05, 0) is 29.7 Å². The Morgan fingerprint density at radius 1 is 1.44 bits per heavy atom. The van der Waals surface area contributed by atoms with Gasteiger partial charge in [-0.1, -0.05) is 41.4 Å². The first-order chi connectivity index (χ1) is 8.41. The van der Waals surface area contributed by atoms with Gasteiger partial charge in [-0.3, -0.25) is 0 Å². The van der Waals surface area contributed by atoms with Crippen molar-refractivity contribution in [1.29, 1.82) is 0 Å². The van der Waals surface area contributed by atoms with Gasteiger partial charge in [-0.2, -0.15) is 0 Å². The van der Waals surface area contributed by atoms with E-state index in [1.807, 2.05) is 32.0 Å². The highest BCUT2D eigenvalue weighted by atomic mass is 79.9. The highest BCUT2D eigenvalue weighted by Crippen LogP contribution is 2.33. The molecule has 1 aromatic carbocycles. The number of halogens is 2. The number of fused-ring (bicyclic) bond motifs is 1. The number of hydrogen-bond acceptors (Lipinski definition) is 2. The van der Waals surface area contributed by atoms with Crippen LogP contribution < -0.4 is 0 Å². The Morgan fingerprint density at radius 3 is 2.67 bits per heavy atom. The van der Waals surface area contributed by atoms with Crippen LogP contribution in [0.4, 0.5) is 0 Å². The zero-order valence-electron chi connectivity index (χ0n) is 9.87. The fraction of sp³-hybridized carbons (Fsp3) is 0.231. The van der Waals surface area contributed by atoms with Crippen LogP contribution in [0.1, 0.15) is 35.7 Å². The lowest BCUT2D eigenvalue weighted by atomic mass is 9.94. The zero-order valence-corrected chi connectivity index (χ0v) is 12.2. The molecule has 1 heterocycles. The number of rotatable bonds is 2. The Hall–Kier alpha value is -1.13. The molecule has 18 heavy (non-hydrogen) atoms. The van der Waals surface area contributed by atoms with E-state index < -0.39 is 5.97 Å². The van der Waals surface area contributed by atoms with Crippen LogP contribution in [-0.4, -0.2) is 16.1 Å². The molecular weight excluding hydrogens is 318 g/mol. The Kier molecular flexibility index (Phi) is 3.59. The molecule has 0 aliphatic carbocycles. The van der Waals surface area contributed by atoms with Crippen molar-refractivity contribution >= 4 is 44.4 Å². The third kappa shape index (κ3) is 2.22. The summed E-state index contributed by atoms with van der Waals surface area (Å²) >= 11 is 9.37. The fourth-order valence-corrected chi connectivity index (χ4v) is 2.67. The van der Waals surface area contributed by atoms with Crippen LogP contribution in [-0.2, 0) is 0 Å². The van der Waals surface area contributed by atoms with Gasteiger partial charge in [-0.25, -0.2) is 9.78 Å². The second-order valence-corrected chi connectivity index (χ2v) is 5.59. The number of hydrogen-bond donors (Lipinski definition) is 1. The van der Waals surface area contributed by atoms with Gasteiger partial charge in [0.05, 0.1) is 5.52 Å². The summed E-state index contributed by atoms with van der Waals surface area (Å²) in [5.41, 5.74) is 1.52. The van der Waals surface area contributed by atoms with Crippen molar-refractivity contribution in [1.82, 2.24) is 4.98 Å². The molecule has 0 bridgehead atoms. The van der Waals surface area contributed by atoms with Gasteiger partial charge in [0.1, 0.15) is 10.7 Å². The van der Waals surface area contributed by atoms with Gasteiger partial charge in [-0.15, -0.1) is 0 Å². The Morgan fingerprint density at radius 2 is 2.11 bits per heavy atom. The van der Waals surface area contributed by atoms with E-state index in [0.717, 1.165) is 15.4 Å². The van der Waals surface area contributed by atoms with Crippen LogP contribution >= 0.6 is 27.5 Å². The first-order valence-electron chi connectivity index (χ1n) is 5.43. The molecule has 0 fully saturated rings. The molecule has 0 atom stereocenters. The minimum atomic E-state index is -1.04. The number of nitrogens with zero attached hydrogens (tertiary/aromatic N) is 1. The van der Waals surface area contributed by atoms with Crippen molar-refractivity contribution in [2.24, 2.45) is 0 Å². The highest BCUT2D eigenvalue weighted by Gasteiger charge is 2.21. The van der Waals surface area contributed by atoms with E-state index in [1.54, 1.807) is 0 Å². The zero-order chi connectivity index (χ0) is 13.4. The molecule has 2 rings (SSSR count). The monoisotopic (exact) mass is 327 g/mol. The van der Waals surface area contributed by atoms with E-state index in [0.29, 0.717) is 5.52 Å². The van der Waals surface area contributed by atoms with Crippen molar-refractivity contribution in [3.05, 3.63) is 39.0 Å². The molecule has 0 saturated carbocycles. The summed E-state index contributed by atoms with van der Waals surface area (Å²) in [5, 5.41) is 10.2. The SMILES string of the molecule is CC(C)c1c(C(=O)O)c(Cl)nc2ccc(Br)cc12. The molecule has 0 aliphatic heterocycles. The van der Waals surface area contributed by atoms with Crippen molar-refractivity contribution < 1.29 is 9.90 Å². The van der Waals surface area contributed by atoms with Gasteiger partial charge in [0.2, 0.25) is 0 Å². The lowest BCUT2D eigenvalue weighted by Crippen LogP contribution is -2.07. The number of aromatic carboxylic acids is 1. The van der Waals surface area contributed by atoms with E-state index in [-0.39, 0.29) is 16.6 Å². The van der Waals surface area contributed by atoms with E-state index in [2.05, 4.69) is 20.9 Å². The summed E-state index contributed by atoms with van der Waals surface area (Å²) in [6, 6.07) is 5.56. The topological polar surface area (TPSA) is 50.2 Å². The Balaban J connectivity index is 2.96. The van der Waals surface area contributed by atoms with Gasteiger partial charge < -0.3 is 5.11 Å². The Labute approximate surface area is 118 Å². The summed E-state index contributed by atoms with van der Waals surface area (Å²) in [5.74, 6) is -0.994. The highest BCUT2D eigenvalue weighted by molar-refractivity contribution is 9.10. The molecule has 1 N–H and O–H groups in total. The summed E-state index contributed by atoms with van der Waals surface area (Å²) in [4.78, 5) is 15.5. The van der Waals surface area contributed by atoms with Crippen molar-refractivity contribution in [2.45, 2.75) is 19.8 Å². The molecule has 5 heteroatoms. The summed E-state index contributed by atoms with van der Waals surface area (Å²) in [6.45, 7) is 3.89. The molecular formula is C13H11BrClNO2. The second kappa shape index (κ2) is 4.86. The van der Waals surface area contributed by atoms with Gasteiger partial charge in [0.15, 0.2) is 0 Å². The molecule has 94 valence electrons. The fourth-order valence-electron chi connectivity index (χ4n) is 2.03. The van der Waals surface area contributed by atoms with Crippen molar-refractivity contribution in [3.8, 4) is 0 Å². The molecule has 0 amide bonds. The van der Waals surface area contributed by atoms with Crippen LogP contribution in [0.25, 0.3) is 10.9 Å². The smallest absolute Gasteiger partial charge is 0.339 e. The third-order valence-electron chi connectivity index (χ3n) is 2.73. The number of carboxylic acids is 1. The van der Waals surface area contributed by atoms with Crippen LogP contribution in [0.15, 0.2) is 22.7 Å². The number of carbonyl (C=O) groups is 1. The van der Waals surface area contributed by atoms with Gasteiger partial charge in [0, 0.05) is 9.86 Å². The molecule has 1 aromatic heterocycles.